The van der Waals surface area contributed by atoms with E-state index < -0.39 is 0 Å². The molecule has 7 nitrogen and oxygen atoms in total. The van der Waals surface area contributed by atoms with Crippen LogP contribution in [0.1, 0.15) is 32.2 Å². The molecule has 0 fully saturated rings. The minimum atomic E-state index is -0.258. The van der Waals surface area contributed by atoms with Crippen molar-refractivity contribution in [3.8, 4) is 0 Å². The number of carbonyl (C=O) groups is 1. The molecule has 0 bridgehead atoms. The molecule has 2 aromatic rings. The molecule has 0 aliphatic rings. The van der Waals surface area contributed by atoms with Crippen LogP contribution in [-0.2, 0) is 21.7 Å². The maximum absolute atomic E-state index is 11.8. The fourth-order valence-corrected chi connectivity index (χ4v) is 2.46. The molecule has 1 aromatic heterocycles. The van der Waals surface area contributed by atoms with Crippen molar-refractivity contribution in [2.24, 2.45) is 0 Å². The normalized spacial score (nSPS) is 11.4. The van der Waals surface area contributed by atoms with Crippen LogP contribution >= 0.6 is 11.8 Å². The minimum Gasteiger partial charge on any atom is -0.336 e. The molecular weight excluding hydrogens is 314 g/mol. The van der Waals surface area contributed by atoms with Crippen LogP contribution in [-0.4, -0.2) is 26.5 Å². The summed E-state index contributed by atoms with van der Waals surface area (Å²) in [4.78, 5) is 16.9. The first-order valence-electron chi connectivity index (χ1n) is 7.16. The second-order valence-corrected chi connectivity index (χ2v) is 6.96. The van der Waals surface area contributed by atoms with Crippen LogP contribution < -0.4 is 11.3 Å². The van der Waals surface area contributed by atoms with E-state index in [0.29, 0.717) is 17.6 Å². The van der Waals surface area contributed by atoms with E-state index in [1.165, 1.54) is 16.4 Å². The van der Waals surface area contributed by atoms with Gasteiger partial charge in [-0.15, -0.1) is 10.2 Å². The van der Waals surface area contributed by atoms with E-state index in [1.807, 2.05) is 51.1 Å². The molecule has 0 aliphatic carbocycles. The predicted octanol–water partition coefficient (Wildman–Crippen LogP) is 1.63. The van der Waals surface area contributed by atoms with Gasteiger partial charge in [0.2, 0.25) is 5.16 Å². The molecule has 8 heteroatoms. The zero-order valence-corrected chi connectivity index (χ0v) is 14.3. The highest BCUT2D eigenvalue weighted by molar-refractivity contribution is 7.99. The van der Waals surface area contributed by atoms with Crippen LogP contribution in [0, 0.1) is 0 Å². The van der Waals surface area contributed by atoms with E-state index in [9.17, 15) is 4.79 Å². The summed E-state index contributed by atoms with van der Waals surface area (Å²) in [5, 5.41) is 8.58. The number of benzene rings is 1. The van der Waals surface area contributed by atoms with Gasteiger partial charge in [0, 0.05) is 5.41 Å². The highest BCUT2D eigenvalue weighted by Crippen LogP contribution is 2.22. The summed E-state index contributed by atoms with van der Waals surface area (Å²) in [5.41, 5.74) is 3.18. The average molecular weight is 335 g/mol. The average Bonchev–Trinajstić information content (AvgIpc) is 2.87. The van der Waals surface area contributed by atoms with Crippen molar-refractivity contribution in [3.05, 3.63) is 41.7 Å². The number of nitrogens with one attached hydrogen (secondary N) is 1. The zero-order valence-electron chi connectivity index (χ0n) is 13.4. The lowest BCUT2D eigenvalue weighted by Crippen LogP contribution is -2.26. The number of amides is 1. The molecule has 2 rings (SSSR count). The number of nitrogens with two attached hydrogens (primary N) is 1. The topological polar surface area (TPSA) is 95.1 Å². The van der Waals surface area contributed by atoms with Crippen LogP contribution in [0.2, 0.25) is 0 Å². The molecule has 1 aromatic carbocycles. The van der Waals surface area contributed by atoms with Gasteiger partial charge in [-0.2, -0.15) is 0 Å². The number of hydrogen-bond acceptors (Lipinski definition) is 6. The first-order chi connectivity index (χ1) is 10.9. The summed E-state index contributed by atoms with van der Waals surface area (Å²) >= 11 is 1.21. The lowest BCUT2D eigenvalue weighted by molar-refractivity contribution is -0.131. The van der Waals surface area contributed by atoms with E-state index in [4.69, 9.17) is 10.7 Å². The van der Waals surface area contributed by atoms with E-state index >= 15 is 0 Å². The van der Waals surface area contributed by atoms with Crippen molar-refractivity contribution >= 4 is 17.7 Å². The van der Waals surface area contributed by atoms with Crippen molar-refractivity contribution in [2.75, 3.05) is 11.6 Å². The van der Waals surface area contributed by atoms with E-state index in [-0.39, 0.29) is 17.1 Å². The summed E-state index contributed by atoms with van der Waals surface area (Å²) in [6.07, 6.45) is 0. The van der Waals surface area contributed by atoms with Gasteiger partial charge in [-0.3, -0.25) is 9.63 Å². The number of aromatic nitrogens is 3. The number of hydroxylamine groups is 1. The molecule has 0 saturated carbocycles. The van der Waals surface area contributed by atoms with Crippen LogP contribution in [0.25, 0.3) is 0 Å². The molecule has 1 amide bonds. The number of nitrogen functional groups attached to an aromatic ring is 1. The quantitative estimate of drug-likeness (QED) is 0.473. The fraction of sp³-hybridized carbons (Fsp3) is 0.400. The van der Waals surface area contributed by atoms with Crippen molar-refractivity contribution in [3.63, 3.8) is 0 Å². The van der Waals surface area contributed by atoms with Crippen LogP contribution in [0.3, 0.4) is 0 Å². The molecule has 0 atom stereocenters. The first-order valence-corrected chi connectivity index (χ1v) is 8.15. The van der Waals surface area contributed by atoms with Crippen LogP contribution in [0.5, 0.6) is 0 Å². The number of rotatable bonds is 6. The molecule has 3 N–H and O–H groups in total. The summed E-state index contributed by atoms with van der Waals surface area (Å²) in [5.74, 6) is 6.52. The van der Waals surface area contributed by atoms with Gasteiger partial charge >= 0.3 is 0 Å². The van der Waals surface area contributed by atoms with Gasteiger partial charge in [0.25, 0.3) is 5.91 Å². The van der Waals surface area contributed by atoms with Gasteiger partial charge in [0.15, 0.2) is 5.82 Å². The first kappa shape index (κ1) is 17.3. The molecule has 124 valence electrons. The SMILES string of the molecule is CC(C)(C)c1nnc(SCC(=O)NOCc2ccccc2)n1N. The highest BCUT2D eigenvalue weighted by Gasteiger charge is 2.23. The van der Waals surface area contributed by atoms with Crippen LogP contribution in [0.4, 0.5) is 0 Å². The largest absolute Gasteiger partial charge is 0.336 e. The lowest BCUT2D eigenvalue weighted by Gasteiger charge is -2.16. The van der Waals surface area contributed by atoms with Gasteiger partial charge in [-0.1, -0.05) is 62.9 Å². The zero-order chi connectivity index (χ0) is 16.9. The van der Waals surface area contributed by atoms with Gasteiger partial charge in [0.1, 0.15) is 0 Å². The van der Waals surface area contributed by atoms with Crippen molar-refractivity contribution in [2.45, 2.75) is 37.9 Å². The summed E-state index contributed by atoms with van der Waals surface area (Å²) in [6, 6.07) is 9.60. The van der Waals surface area contributed by atoms with Crippen molar-refractivity contribution < 1.29 is 9.63 Å². The number of carbonyl (C=O) groups excluding carboxylic acids is 1. The second kappa shape index (κ2) is 7.47. The highest BCUT2D eigenvalue weighted by atomic mass is 32.2. The molecule has 23 heavy (non-hydrogen) atoms. The maximum atomic E-state index is 11.8. The third kappa shape index (κ3) is 4.97. The van der Waals surface area contributed by atoms with Gasteiger partial charge in [-0.05, 0) is 5.56 Å². The Kier molecular flexibility index (Phi) is 5.62. The summed E-state index contributed by atoms with van der Waals surface area (Å²) in [6.45, 7) is 6.31. The predicted molar refractivity (Wildman–Crippen MR) is 89.0 cm³/mol. The number of nitrogens with zero attached hydrogens (tertiary/aromatic N) is 3. The van der Waals surface area contributed by atoms with Crippen molar-refractivity contribution in [1.82, 2.24) is 20.4 Å². The third-order valence-corrected chi connectivity index (χ3v) is 3.88. The summed E-state index contributed by atoms with van der Waals surface area (Å²) in [7, 11) is 0. The Hall–Kier alpha value is -2.06. The van der Waals surface area contributed by atoms with Gasteiger partial charge < -0.3 is 5.84 Å². The Morgan fingerprint density at radius 3 is 2.61 bits per heavy atom. The Morgan fingerprint density at radius 2 is 2.00 bits per heavy atom. The molecule has 0 spiro atoms. The molecule has 1 heterocycles. The van der Waals surface area contributed by atoms with E-state index in [1.54, 1.807) is 0 Å². The van der Waals surface area contributed by atoms with E-state index in [0.717, 1.165) is 5.56 Å². The van der Waals surface area contributed by atoms with Gasteiger partial charge in [-0.25, -0.2) is 10.2 Å². The van der Waals surface area contributed by atoms with Crippen LogP contribution in [0.15, 0.2) is 35.5 Å². The Morgan fingerprint density at radius 1 is 1.30 bits per heavy atom. The van der Waals surface area contributed by atoms with Gasteiger partial charge in [0.05, 0.1) is 12.4 Å². The monoisotopic (exact) mass is 335 g/mol. The molecule has 0 saturated heterocycles. The minimum absolute atomic E-state index is 0.147. The second-order valence-electron chi connectivity index (χ2n) is 6.01. The Bertz CT molecular complexity index is 652. The lowest BCUT2D eigenvalue weighted by atomic mass is 9.96. The maximum Gasteiger partial charge on any atom is 0.254 e. The smallest absolute Gasteiger partial charge is 0.254 e. The standard InChI is InChI=1S/C15H21N5O2S/c1-15(2,3)13-17-18-14(20(13)16)23-10-12(21)19-22-9-11-7-5-4-6-8-11/h4-8H,9-10,16H2,1-3H3,(H,19,21). The molecule has 0 unspecified atom stereocenters. The number of hydrogen-bond donors (Lipinski definition) is 2. The molecular formula is C15H21N5O2S. The molecule has 0 radical (unpaired) electrons. The Balaban J connectivity index is 1.78. The van der Waals surface area contributed by atoms with Crippen molar-refractivity contribution in [1.29, 1.82) is 0 Å². The Labute approximate surface area is 139 Å². The molecule has 0 aliphatic heterocycles. The number of thioether (sulfide) groups is 1. The summed E-state index contributed by atoms with van der Waals surface area (Å²) < 4.78 is 1.42. The fourth-order valence-electron chi connectivity index (χ4n) is 1.82. The van der Waals surface area contributed by atoms with E-state index in [2.05, 4.69) is 15.7 Å². The third-order valence-electron chi connectivity index (χ3n) is 2.94.